The van der Waals surface area contributed by atoms with Gasteiger partial charge in [0, 0.05) is 9.92 Å². The largest absolute Gasteiger partial charge is 0.480 e. The third-order valence-electron chi connectivity index (χ3n) is 2.69. The van der Waals surface area contributed by atoms with Crippen molar-refractivity contribution in [1.29, 1.82) is 0 Å². The lowest BCUT2D eigenvalue weighted by Gasteiger charge is -2.17. The Morgan fingerprint density at radius 2 is 1.95 bits per heavy atom. The van der Waals surface area contributed by atoms with Gasteiger partial charge >= 0.3 is 5.97 Å². The summed E-state index contributed by atoms with van der Waals surface area (Å²) in [6.07, 6.45) is 1.13. The molecule has 0 aliphatic rings. The van der Waals surface area contributed by atoms with E-state index in [1.54, 1.807) is 19.1 Å². The van der Waals surface area contributed by atoms with Crippen LogP contribution < -0.4 is 5.32 Å². The van der Waals surface area contributed by atoms with Crippen LogP contribution in [0, 0.1) is 0 Å². The Bertz CT molecular complexity index is 464. The minimum Gasteiger partial charge on any atom is -0.480 e. The highest BCUT2D eigenvalue weighted by atomic mass is 35.5. The molecule has 1 unspecified atom stereocenters. The van der Waals surface area contributed by atoms with E-state index in [0.717, 1.165) is 4.90 Å². The van der Waals surface area contributed by atoms with E-state index in [0.29, 0.717) is 17.9 Å². The summed E-state index contributed by atoms with van der Waals surface area (Å²) < 4.78 is 0. The Morgan fingerprint density at radius 3 is 2.45 bits per heavy atom. The molecule has 1 rings (SSSR count). The van der Waals surface area contributed by atoms with Crippen LogP contribution in [0.4, 0.5) is 0 Å². The maximum atomic E-state index is 12.0. The molecular formula is C14H18ClNO3S. The third kappa shape index (κ3) is 5.43. The zero-order chi connectivity index (χ0) is 15.1. The number of carboxylic acid groups (broad SMARTS) is 1. The van der Waals surface area contributed by atoms with Gasteiger partial charge in [0.2, 0.25) is 5.91 Å². The summed E-state index contributed by atoms with van der Waals surface area (Å²) in [4.78, 5) is 23.9. The minimum atomic E-state index is -0.996. The number of nitrogens with one attached hydrogen (secondary N) is 1. The quantitative estimate of drug-likeness (QED) is 0.758. The summed E-state index contributed by atoms with van der Waals surface area (Å²) in [5.41, 5.74) is 0. The molecule has 2 N–H and O–H groups in total. The first-order valence-electron chi connectivity index (χ1n) is 6.39. The standard InChI is InChI=1S/C14H18ClNO3S/c1-3-4-12(14(18)19)16-13(17)9(2)20-11-7-5-10(15)6-8-11/h5-9,12H,3-4H2,1-2H3,(H,16,17)(H,18,19)/t9?,12-/m0/s1. The van der Waals surface area contributed by atoms with Crippen molar-refractivity contribution in [2.45, 2.75) is 42.9 Å². The summed E-state index contributed by atoms with van der Waals surface area (Å²) in [5.74, 6) is -1.27. The van der Waals surface area contributed by atoms with Crippen molar-refractivity contribution in [2.75, 3.05) is 0 Å². The molecule has 1 aromatic rings. The monoisotopic (exact) mass is 315 g/mol. The molecule has 20 heavy (non-hydrogen) atoms. The van der Waals surface area contributed by atoms with Gasteiger partial charge in [-0.1, -0.05) is 24.9 Å². The number of aliphatic carboxylic acids is 1. The van der Waals surface area contributed by atoms with Crippen molar-refractivity contribution in [3.05, 3.63) is 29.3 Å². The van der Waals surface area contributed by atoms with Gasteiger partial charge in [-0.15, -0.1) is 11.8 Å². The van der Waals surface area contributed by atoms with E-state index >= 15 is 0 Å². The number of carbonyl (C=O) groups is 2. The van der Waals surface area contributed by atoms with Gasteiger partial charge in [0.1, 0.15) is 6.04 Å². The zero-order valence-electron chi connectivity index (χ0n) is 11.4. The first-order valence-corrected chi connectivity index (χ1v) is 7.65. The zero-order valence-corrected chi connectivity index (χ0v) is 13.0. The molecule has 0 fully saturated rings. The maximum Gasteiger partial charge on any atom is 0.326 e. The first-order chi connectivity index (χ1) is 9.43. The predicted octanol–water partition coefficient (Wildman–Crippen LogP) is 3.19. The van der Waals surface area contributed by atoms with Crippen molar-refractivity contribution in [2.24, 2.45) is 0 Å². The van der Waals surface area contributed by atoms with E-state index in [4.69, 9.17) is 16.7 Å². The number of hydrogen-bond donors (Lipinski definition) is 2. The highest BCUT2D eigenvalue weighted by molar-refractivity contribution is 8.00. The molecule has 0 heterocycles. The van der Waals surface area contributed by atoms with Crippen LogP contribution in [0.3, 0.4) is 0 Å². The summed E-state index contributed by atoms with van der Waals surface area (Å²) >= 11 is 7.16. The maximum absolute atomic E-state index is 12.0. The van der Waals surface area contributed by atoms with Gasteiger partial charge in [0.15, 0.2) is 0 Å². The molecule has 110 valence electrons. The Kier molecular flexibility index (Phi) is 6.88. The molecule has 6 heteroatoms. The van der Waals surface area contributed by atoms with Crippen LogP contribution in [0.5, 0.6) is 0 Å². The molecule has 0 radical (unpaired) electrons. The molecule has 2 atom stereocenters. The molecule has 0 aliphatic heterocycles. The van der Waals surface area contributed by atoms with Gasteiger partial charge in [-0.05, 0) is 37.6 Å². The number of thioether (sulfide) groups is 1. The normalized spacial score (nSPS) is 13.6. The molecule has 0 aliphatic carbocycles. The fourth-order valence-electron chi connectivity index (χ4n) is 1.61. The summed E-state index contributed by atoms with van der Waals surface area (Å²) in [6, 6.07) is 6.35. The van der Waals surface area contributed by atoms with E-state index in [1.807, 2.05) is 19.1 Å². The molecule has 0 aromatic heterocycles. The summed E-state index contributed by atoms with van der Waals surface area (Å²) in [6.45, 7) is 3.63. The van der Waals surface area contributed by atoms with Gasteiger partial charge in [0.25, 0.3) is 0 Å². The molecule has 1 aromatic carbocycles. The third-order valence-corrected chi connectivity index (χ3v) is 4.05. The lowest BCUT2D eigenvalue weighted by Crippen LogP contribution is -2.43. The molecule has 4 nitrogen and oxygen atoms in total. The number of rotatable bonds is 7. The minimum absolute atomic E-state index is 0.272. The number of carbonyl (C=O) groups excluding carboxylic acids is 1. The Hall–Kier alpha value is -1.20. The van der Waals surface area contributed by atoms with Crippen LogP contribution in [-0.2, 0) is 9.59 Å². The fraction of sp³-hybridized carbons (Fsp3) is 0.429. The van der Waals surface area contributed by atoms with Gasteiger partial charge < -0.3 is 10.4 Å². The van der Waals surface area contributed by atoms with Gasteiger partial charge in [-0.25, -0.2) is 4.79 Å². The number of carboxylic acids is 1. The summed E-state index contributed by atoms with van der Waals surface area (Å²) in [7, 11) is 0. The van der Waals surface area contributed by atoms with Crippen molar-refractivity contribution >= 4 is 35.2 Å². The Labute approximate surface area is 127 Å². The van der Waals surface area contributed by atoms with Crippen molar-refractivity contribution in [1.82, 2.24) is 5.32 Å². The van der Waals surface area contributed by atoms with E-state index < -0.39 is 12.0 Å². The summed E-state index contributed by atoms with van der Waals surface area (Å²) in [5, 5.41) is 11.9. The lowest BCUT2D eigenvalue weighted by molar-refractivity contribution is -0.141. The highest BCUT2D eigenvalue weighted by Crippen LogP contribution is 2.24. The molecule has 1 amide bonds. The number of hydrogen-bond acceptors (Lipinski definition) is 3. The van der Waals surface area contributed by atoms with E-state index in [9.17, 15) is 9.59 Å². The Balaban J connectivity index is 2.57. The van der Waals surface area contributed by atoms with Gasteiger partial charge in [-0.3, -0.25) is 4.79 Å². The molecule has 0 saturated carbocycles. The van der Waals surface area contributed by atoms with Crippen LogP contribution in [-0.4, -0.2) is 28.3 Å². The van der Waals surface area contributed by atoms with Crippen molar-refractivity contribution in [3.63, 3.8) is 0 Å². The molecule has 0 bridgehead atoms. The van der Waals surface area contributed by atoms with Crippen molar-refractivity contribution < 1.29 is 14.7 Å². The predicted molar refractivity (Wildman–Crippen MR) is 81.2 cm³/mol. The number of halogens is 1. The second-order valence-corrected chi connectivity index (χ2v) is 6.25. The highest BCUT2D eigenvalue weighted by Gasteiger charge is 2.22. The average molecular weight is 316 g/mol. The van der Waals surface area contributed by atoms with Gasteiger partial charge in [-0.2, -0.15) is 0 Å². The van der Waals surface area contributed by atoms with Crippen LogP contribution >= 0.6 is 23.4 Å². The van der Waals surface area contributed by atoms with Gasteiger partial charge in [0.05, 0.1) is 5.25 Å². The van der Waals surface area contributed by atoms with E-state index in [2.05, 4.69) is 5.32 Å². The topological polar surface area (TPSA) is 66.4 Å². The molecule has 0 spiro atoms. The van der Waals surface area contributed by atoms with Crippen LogP contribution in [0.2, 0.25) is 5.02 Å². The van der Waals surface area contributed by atoms with E-state index in [-0.39, 0.29) is 11.2 Å². The smallest absolute Gasteiger partial charge is 0.326 e. The number of amides is 1. The average Bonchev–Trinajstić information content (AvgIpc) is 2.40. The van der Waals surface area contributed by atoms with Crippen molar-refractivity contribution in [3.8, 4) is 0 Å². The van der Waals surface area contributed by atoms with Crippen LogP contribution in [0.25, 0.3) is 0 Å². The first kappa shape index (κ1) is 16.9. The fourth-order valence-corrected chi connectivity index (χ4v) is 2.61. The van der Waals surface area contributed by atoms with E-state index in [1.165, 1.54) is 11.8 Å². The second kappa shape index (κ2) is 8.17. The second-order valence-electron chi connectivity index (χ2n) is 4.40. The Morgan fingerprint density at radius 1 is 1.35 bits per heavy atom. The SMILES string of the molecule is CCC[C@H](NC(=O)C(C)Sc1ccc(Cl)cc1)C(=O)O. The molecular weight excluding hydrogens is 298 g/mol. The molecule has 0 saturated heterocycles. The van der Waals surface area contributed by atoms with Crippen LogP contribution in [0.1, 0.15) is 26.7 Å². The number of benzene rings is 1. The lowest BCUT2D eigenvalue weighted by atomic mass is 10.1. The van der Waals surface area contributed by atoms with Crippen LogP contribution in [0.15, 0.2) is 29.2 Å².